The van der Waals surface area contributed by atoms with E-state index in [2.05, 4.69) is 36.8 Å². The molecule has 0 unspecified atom stereocenters. The third-order valence-corrected chi connectivity index (χ3v) is 6.82. The van der Waals surface area contributed by atoms with Gasteiger partial charge >= 0.3 is 0 Å². The molecule has 0 atom stereocenters. The summed E-state index contributed by atoms with van der Waals surface area (Å²) in [5.74, 6) is 3.09. The largest absolute Gasteiger partial charge is 0.383 e. The third kappa shape index (κ3) is 3.83. The van der Waals surface area contributed by atoms with Crippen molar-refractivity contribution in [1.29, 1.82) is 0 Å². The van der Waals surface area contributed by atoms with Crippen molar-refractivity contribution < 1.29 is 4.74 Å². The monoisotopic (exact) mass is 397 g/mol. The molecule has 2 aromatic rings. The number of ether oxygens (including phenoxy) is 1. The van der Waals surface area contributed by atoms with E-state index in [-0.39, 0.29) is 0 Å². The molecule has 8 nitrogen and oxygen atoms in total. The molecule has 0 aromatic carbocycles. The van der Waals surface area contributed by atoms with Crippen LogP contribution in [0.2, 0.25) is 0 Å². The number of nitrogens with one attached hydrogen (secondary N) is 3. The average molecular weight is 398 g/mol. The molecule has 3 N–H and O–H groups in total. The number of hydrogen-bond donors (Lipinski definition) is 3. The standard InChI is InChI=1S/C21H31N7O/c1-29-9-8-22-13-21-11-16(12-21)28(14-21)20-23-7-6-18(25-20)24-19-10-17(26-27-19)15-4-2-3-5-15/h6-7,10,15-16,22H,2-5,8-9,11-14H2,1H3,(H2,23,24,25,26,27). The average Bonchev–Trinajstić information content (AvgIpc) is 3.48. The van der Waals surface area contributed by atoms with Crippen molar-refractivity contribution in [3.8, 4) is 0 Å². The molecule has 4 heterocycles. The minimum Gasteiger partial charge on any atom is -0.383 e. The van der Waals surface area contributed by atoms with E-state index in [4.69, 9.17) is 9.72 Å². The number of anilines is 3. The summed E-state index contributed by atoms with van der Waals surface area (Å²) in [6, 6.07) is 4.61. The Morgan fingerprint density at radius 1 is 1.28 bits per heavy atom. The zero-order valence-corrected chi connectivity index (χ0v) is 17.2. The van der Waals surface area contributed by atoms with Crippen molar-refractivity contribution in [3.05, 3.63) is 24.0 Å². The lowest BCUT2D eigenvalue weighted by molar-refractivity contribution is 0.168. The Morgan fingerprint density at radius 3 is 2.97 bits per heavy atom. The number of hydrogen-bond acceptors (Lipinski definition) is 7. The smallest absolute Gasteiger partial charge is 0.227 e. The summed E-state index contributed by atoms with van der Waals surface area (Å²) in [6.07, 6.45) is 9.45. The van der Waals surface area contributed by atoms with Gasteiger partial charge in [0.1, 0.15) is 5.82 Å². The summed E-state index contributed by atoms with van der Waals surface area (Å²) < 4.78 is 5.13. The molecule has 4 fully saturated rings. The van der Waals surface area contributed by atoms with E-state index in [1.54, 1.807) is 7.11 Å². The highest BCUT2D eigenvalue weighted by atomic mass is 16.5. The predicted molar refractivity (Wildman–Crippen MR) is 113 cm³/mol. The van der Waals surface area contributed by atoms with Gasteiger partial charge < -0.3 is 20.3 Å². The van der Waals surface area contributed by atoms with Crippen LogP contribution >= 0.6 is 0 Å². The first-order chi connectivity index (χ1) is 14.2. The number of aromatic nitrogens is 4. The minimum atomic E-state index is 0.365. The second kappa shape index (κ2) is 7.91. The van der Waals surface area contributed by atoms with Crippen molar-refractivity contribution >= 4 is 17.6 Å². The van der Waals surface area contributed by atoms with Crippen molar-refractivity contribution in [3.63, 3.8) is 0 Å². The van der Waals surface area contributed by atoms with Gasteiger partial charge in [0.15, 0.2) is 5.82 Å². The lowest BCUT2D eigenvalue weighted by atomic mass is 9.70. The number of fused-ring (bicyclic) bond motifs is 1. The summed E-state index contributed by atoms with van der Waals surface area (Å²) in [7, 11) is 1.74. The quantitative estimate of drug-likeness (QED) is 0.561. The van der Waals surface area contributed by atoms with Gasteiger partial charge in [-0.2, -0.15) is 10.1 Å². The van der Waals surface area contributed by atoms with Crippen LogP contribution in [0.1, 0.15) is 50.1 Å². The van der Waals surface area contributed by atoms with E-state index in [1.165, 1.54) is 44.2 Å². The Bertz CT molecular complexity index is 826. The van der Waals surface area contributed by atoms with Crippen molar-refractivity contribution in [2.24, 2.45) is 5.41 Å². The Hall–Kier alpha value is -2.19. The van der Waals surface area contributed by atoms with Crippen LogP contribution in [0.3, 0.4) is 0 Å². The molecular formula is C21H31N7O. The molecule has 29 heavy (non-hydrogen) atoms. The Labute approximate surface area is 171 Å². The molecule has 156 valence electrons. The fraction of sp³-hybridized carbons (Fsp3) is 0.667. The van der Waals surface area contributed by atoms with Crippen LogP contribution in [-0.2, 0) is 4.74 Å². The van der Waals surface area contributed by atoms with Gasteiger partial charge in [0.2, 0.25) is 5.95 Å². The van der Waals surface area contributed by atoms with Gasteiger partial charge in [0.25, 0.3) is 0 Å². The van der Waals surface area contributed by atoms with E-state index < -0.39 is 0 Å². The van der Waals surface area contributed by atoms with Crippen LogP contribution < -0.4 is 15.5 Å². The van der Waals surface area contributed by atoms with E-state index in [9.17, 15) is 0 Å². The summed E-state index contributed by atoms with van der Waals surface area (Å²) >= 11 is 0. The number of methoxy groups -OCH3 is 1. The van der Waals surface area contributed by atoms with Gasteiger partial charge in [-0.15, -0.1) is 0 Å². The minimum absolute atomic E-state index is 0.365. The highest BCUT2D eigenvalue weighted by Gasteiger charge is 2.55. The molecule has 0 spiro atoms. The van der Waals surface area contributed by atoms with Crippen LogP contribution in [0.5, 0.6) is 0 Å². The molecule has 6 rings (SSSR count). The zero-order valence-electron chi connectivity index (χ0n) is 17.2. The highest BCUT2D eigenvalue weighted by Crippen LogP contribution is 2.52. The third-order valence-electron chi connectivity index (χ3n) is 6.82. The SMILES string of the molecule is COCCNCC12CC(C1)N(c1nccc(Nc3cc(C4CCCC4)[nH]n3)n1)C2. The molecule has 2 aromatic heterocycles. The molecule has 2 aliphatic heterocycles. The molecule has 0 amide bonds. The summed E-state index contributed by atoms with van der Waals surface area (Å²) in [4.78, 5) is 11.7. The number of rotatable bonds is 9. The zero-order chi connectivity index (χ0) is 19.7. The molecule has 2 aliphatic carbocycles. The molecule has 2 bridgehead atoms. The van der Waals surface area contributed by atoms with Crippen molar-refractivity contribution in [2.75, 3.05) is 43.6 Å². The lowest BCUT2D eigenvalue weighted by Crippen LogP contribution is -2.43. The molecular weight excluding hydrogens is 366 g/mol. The van der Waals surface area contributed by atoms with Crippen LogP contribution in [0, 0.1) is 5.41 Å². The first kappa shape index (κ1) is 18.8. The van der Waals surface area contributed by atoms with E-state index >= 15 is 0 Å². The second-order valence-corrected chi connectivity index (χ2v) is 8.92. The van der Waals surface area contributed by atoms with E-state index in [1.807, 2.05) is 12.3 Å². The van der Waals surface area contributed by atoms with Crippen LogP contribution in [-0.4, -0.2) is 59.6 Å². The van der Waals surface area contributed by atoms with Crippen molar-refractivity contribution in [1.82, 2.24) is 25.5 Å². The van der Waals surface area contributed by atoms with Gasteiger partial charge in [-0.25, -0.2) is 4.98 Å². The van der Waals surface area contributed by atoms with Crippen LogP contribution in [0.15, 0.2) is 18.3 Å². The van der Waals surface area contributed by atoms with Crippen LogP contribution in [0.4, 0.5) is 17.6 Å². The predicted octanol–water partition coefficient (Wildman–Crippen LogP) is 2.81. The molecule has 2 saturated heterocycles. The maximum absolute atomic E-state index is 5.13. The summed E-state index contributed by atoms with van der Waals surface area (Å²) in [5, 5.41) is 14.5. The maximum Gasteiger partial charge on any atom is 0.227 e. The molecule has 4 aliphatic rings. The molecule has 0 radical (unpaired) electrons. The first-order valence-electron chi connectivity index (χ1n) is 10.9. The van der Waals surface area contributed by atoms with E-state index in [0.29, 0.717) is 17.4 Å². The van der Waals surface area contributed by atoms with Gasteiger partial charge in [0.05, 0.1) is 6.61 Å². The van der Waals surface area contributed by atoms with E-state index in [0.717, 1.165) is 43.8 Å². The summed E-state index contributed by atoms with van der Waals surface area (Å²) in [6.45, 7) is 3.73. The fourth-order valence-electron chi connectivity index (χ4n) is 5.28. The highest BCUT2D eigenvalue weighted by molar-refractivity contribution is 5.54. The summed E-state index contributed by atoms with van der Waals surface area (Å²) in [5.41, 5.74) is 1.60. The molecule has 8 heteroatoms. The lowest BCUT2D eigenvalue weighted by Gasteiger charge is -2.37. The van der Waals surface area contributed by atoms with Crippen molar-refractivity contribution in [2.45, 2.75) is 50.5 Å². The van der Waals surface area contributed by atoms with Crippen LogP contribution in [0.25, 0.3) is 0 Å². The normalized spacial score (nSPS) is 26.1. The number of H-pyrrole nitrogens is 1. The Morgan fingerprint density at radius 2 is 2.14 bits per heavy atom. The molecule has 2 saturated carbocycles. The number of nitrogens with zero attached hydrogens (tertiary/aromatic N) is 4. The second-order valence-electron chi connectivity index (χ2n) is 8.92. The Kier molecular flexibility index (Phi) is 5.13. The Balaban J connectivity index is 1.21. The van der Waals surface area contributed by atoms with Gasteiger partial charge in [-0.3, -0.25) is 5.10 Å². The maximum atomic E-state index is 5.13. The van der Waals surface area contributed by atoms with Gasteiger partial charge in [0, 0.05) is 62.1 Å². The number of aromatic amines is 1. The van der Waals surface area contributed by atoms with Gasteiger partial charge in [-0.1, -0.05) is 12.8 Å². The fourth-order valence-corrected chi connectivity index (χ4v) is 5.28. The first-order valence-corrected chi connectivity index (χ1v) is 10.9. The van der Waals surface area contributed by atoms with Gasteiger partial charge in [-0.05, 0) is 31.7 Å². The topological polar surface area (TPSA) is 91.0 Å².